The molecule has 1 saturated heterocycles. The lowest BCUT2D eigenvalue weighted by Crippen LogP contribution is -2.48. The Morgan fingerprint density at radius 3 is 2.79 bits per heavy atom. The molecule has 2 atom stereocenters. The van der Waals surface area contributed by atoms with Gasteiger partial charge in [-0.15, -0.1) is 11.3 Å². The third kappa shape index (κ3) is 4.61. The highest BCUT2D eigenvalue weighted by molar-refractivity contribution is 7.13. The second-order valence-electron chi connectivity index (χ2n) is 8.82. The first-order valence-corrected chi connectivity index (χ1v) is 11.3. The molecule has 1 aliphatic heterocycles. The minimum absolute atomic E-state index is 0.0247. The van der Waals surface area contributed by atoms with Crippen LogP contribution in [0.15, 0.2) is 11.6 Å². The van der Waals surface area contributed by atoms with E-state index in [2.05, 4.69) is 10.3 Å². The fourth-order valence-electron chi connectivity index (χ4n) is 4.94. The van der Waals surface area contributed by atoms with Crippen molar-refractivity contribution in [1.29, 1.82) is 0 Å². The van der Waals surface area contributed by atoms with Gasteiger partial charge in [0, 0.05) is 18.1 Å². The van der Waals surface area contributed by atoms with Crippen LogP contribution in [0.1, 0.15) is 51.4 Å². The van der Waals surface area contributed by atoms with Crippen molar-refractivity contribution in [3.8, 4) is 0 Å². The summed E-state index contributed by atoms with van der Waals surface area (Å²) in [5.41, 5.74) is 0.0576. The average molecular weight is 421 g/mol. The number of thiazole rings is 1. The molecule has 3 aliphatic rings. The molecule has 0 aromatic carbocycles. The summed E-state index contributed by atoms with van der Waals surface area (Å²) in [5, 5.41) is 15.5. The summed E-state index contributed by atoms with van der Waals surface area (Å²) in [4.78, 5) is 43.2. The van der Waals surface area contributed by atoms with Crippen molar-refractivity contribution < 1.29 is 19.6 Å². The van der Waals surface area contributed by atoms with Crippen LogP contribution in [0, 0.1) is 17.3 Å². The normalized spacial score (nSPS) is 23.9. The predicted octanol–water partition coefficient (Wildman–Crippen LogP) is 2.51. The van der Waals surface area contributed by atoms with Crippen LogP contribution >= 0.6 is 11.3 Å². The molecule has 9 heteroatoms. The van der Waals surface area contributed by atoms with Crippen LogP contribution in [-0.2, 0) is 14.4 Å². The summed E-state index contributed by atoms with van der Waals surface area (Å²) in [6, 6.07) is -0.525. The zero-order chi connectivity index (χ0) is 20.4. The second kappa shape index (κ2) is 8.39. The number of carbonyl (C=O) groups is 3. The molecule has 8 nitrogen and oxygen atoms in total. The topological polar surface area (TPSA) is 103 Å². The third-order valence-corrected chi connectivity index (χ3v) is 7.37. The number of rotatable bonds is 8. The number of hydrogen-bond donors (Lipinski definition) is 2. The molecular weight excluding hydrogens is 392 g/mol. The Kier molecular flexibility index (Phi) is 5.87. The number of hydrogen-bond acceptors (Lipinski definition) is 6. The number of hydroxylamine groups is 2. The maximum Gasteiger partial charge on any atom is 0.248 e. The zero-order valence-electron chi connectivity index (χ0n) is 16.5. The summed E-state index contributed by atoms with van der Waals surface area (Å²) in [6.45, 7) is 0.554. The van der Waals surface area contributed by atoms with Crippen molar-refractivity contribution in [2.45, 2.75) is 57.4 Å². The largest absolute Gasteiger partial charge is 0.330 e. The van der Waals surface area contributed by atoms with Crippen molar-refractivity contribution in [2.24, 2.45) is 17.3 Å². The number of amides is 3. The van der Waals surface area contributed by atoms with Gasteiger partial charge < -0.3 is 10.2 Å². The van der Waals surface area contributed by atoms with Gasteiger partial charge in [-0.2, -0.15) is 0 Å². The van der Waals surface area contributed by atoms with Gasteiger partial charge in [-0.05, 0) is 37.0 Å². The van der Waals surface area contributed by atoms with Gasteiger partial charge in [0.1, 0.15) is 6.04 Å². The monoisotopic (exact) mass is 420 g/mol. The van der Waals surface area contributed by atoms with Gasteiger partial charge in [-0.3, -0.25) is 19.6 Å². The van der Waals surface area contributed by atoms with Crippen LogP contribution in [0.5, 0.6) is 0 Å². The number of anilines is 1. The van der Waals surface area contributed by atoms with Crippen molar-refractivity contribution in [3.05, 3.63) is 11.6 Å². The molecule has 2 heterocycles. The Labute approximate surface area is 174 Å². The fraction of sp³-hybridized carbons (Fsp3) is 0.700. The third-order valence-electron chi connectivity index (χ3n) is 6.68. The molecule has 3 amide bonds. The van der Waals surface area contributed by atoms with Crippen LogP contribution < -0.4 is 5.32 Å². The van der Waals surface area contributed by atoms with Gasteiger partial charge >= 0.3 is 0 Å². The molecule has 0 radical (unpaired) electrons. The van der Waals surface area contributed by atoms with Gasteiger partial charge in [-0.1, -0.05) is 25.7 Å². The number of carbonyl (C=O) groups excluding carboxylic acids is 3. The molecule has 158 valence electrons. The maximum absolute atomic E-state index is 13.5. The first-order valence-electron chi connectivity index (χ1n) is 10.4. The van der Waals surface area contributed by atoms with E-state index in [1.807, 2.05) is 0 Å². The fourth-order valence-corrected chi connectivity index (χ4v) is 5.47. The van der Waals surface area contributed by atoms with E-state index in [4.69, 9.17) is 0 Å². The van der Waals surface area contributed by atoms with Crippen LogP contribution in [0.4, 0.5) is 5.13 Å². The molecule has 1 spiro atoms. The van der Waals surface area contributed by atoms with Crippen LogP contribution in [0.3, 0.4) is 0 Å². The summed E-state index contributed by atoms with van der Waals surface area (Å²) < 4.78 is 0. The predicted molar refractivity (Wildman–Crippen MR) is 107 cm³/mol. The summed E-state index contributed by atoms with van der Waals surface area (Å²) in [6.07, 6.45) is 9.83. The van der Waals surface area contributed by atoms with E-state index in [1.54, 1.807) is 16.5 Å². The number of likely N-dealkylation sites (tertiary alicyclic amines) is 1. The molecule has 2 N–H and O–H groups in total. The van der Waals surface area contributed by atoms with E-state index >= 15 is 0 Å². The number of aromatic nitrogens is 1. The van der Waals surface area contributed by atoms with E-state index in [0.29, 0.717) is 41.9 Å². The Bertz CT molecular complexity index is 746. The molecule has 1 aromatic rings. The summed E-state index contributed by atoms with van der Waals surface area (Å²) >= 11 is 1.35. The second-order valence-corrected chi connectivity index (χ2v) is 9.72. The highest BCUT2D eigenvalue weighted by Crippen LogP contribution is 2.55. The maximum atomic E-state index is 13.5. The smallest absolute Gasteiger partial charge is 0.248 e. The Hall–Kier alpha value is -2.00. The average Bonchev–Trinajstić information content (AvgIpc) is 3.13. The molecule has 29 heavy (non-hydrogen) atoms. The first-order chi connectivity index (χ1) is 14.0. The molecule has 3 fully saturated rings. The number of nitrogens with zero attached hydrogens (tertiary/aromatic N) is 3. The Morgan fingerprint density at radius 1 is 1.41 bits per heavy atom. The minimum Gasteiger partial charge on any atom is -0.330 e. The highest BCUT2D eigenvalue weighted by Gasteiger charge is 2.55. The molecule has 2 unspecified atom stereocenters. The summed E-state index contributed by atoms with van der Waals surface area (Å²) in [5.74, 6) is -0.379. The lowest BCUT2D eigenvalue weighted by molar-refractivity contribution is -0.158. The highest BCUT2D eigenvalue weighted by atomic mass is 32.1. The summed E-state index contributed by atoms with van der Waals surface area (Å²) in [7, 11) is 0. The quantitative estimate of drug-likeness (QED) is 0.382. The standard InChI is InChI=1S/C20H28N4O4S/c25-13-23(28)11-15(9-14-3-1-2-4-14)18(27)24-12-20(5-6-20)10-16(24)17(26)22-19-21-7-8-29-19/h7-8,13-16,28H,1-6,9-12H2,(H,21,22,26). The molecule has 4 rings (SSSR count). The Balaban J connectivity index is 1.50. The number of nitrogens with one attached hydrogen (secondary N) is 1. The van der Waals surface area contributed by atoms with E-state index in [9.17, 15) is 19.6 Å². The zero-order valence-corrected chi connectivity index (χ0v) is 17.3. The first kappa shape index (κ1) is 20.3. The minimum atomic E-state index is -0.525. The molecule has 2 saturated carbocycles. The van der Waals surface area contributed by atoms with E-state index in [1.165, 1.54) is 11.3 Å². The van der Waals surface area contributed by atoms with E-state index in [0.717, 1.165) is 38.5 Å². The van der Waals surface area contributed by atoms with Crippen LogP contribution in [-0.4, -0.2) is 57.5 Å². The van der Waals surface area contributed by atoms with Crippen LogP contribution in [0.25, 0.3) is 0 Å². The molecule has 0 bridgehead atoms. The van der Waals surface area contributed by atoms with Gasteiger partial charge in [0.2, 0.25) is 18.2 Å². The van der Waals surface area contributed by atoms with Gasteiger partial charge in [0.05, 0.1) is 12.5 Å². The van der Waals surface area contributed by atoms with E-state index < -0.39 is 12.0 Å². The van der Waals surface area contributed by atoms with E-state index in [-0.39, 0.29) is 23.8 Å². The van der Waals surface area contributed by atoms with Gasteiger partial charge in [0.15, 0.2) is 5.13 Å². The lowest BCUT2D eigenvalue weighted by atomic mass is 9.91. The Morgan fingerprint density at radius 2 is 2.17 bits per heavy atom. The van der Waals surface area contributed by atoms with Gasteiger partial charge in [0.25, 0.3) is 0 Å². The molecule has 1 aromatic heterocycles. The van der Waals surface area contributed by atoms with Crippen molar-refractivity contribution >= 4 is 34.7 Å². The molecule has 2 aliphatic carbocycles. The SMILES string of the molecule is O=CN(O)CC(CC1CCCC1)C(=O)N1CC2(CC2)CC1C(=O)Nc1nccs1. The van der Waals surface area contributed by atoms with Crippen molar-refractivity contribution in [2.75, 3.05) is 18.4 Å². The lowest BCUT2D eigenvalue weighted by Gasteiger charge is -2.30. The van der Waals surface area contributed by atoms with Crippen molar-refractivity contribution in [1.82, 2.24) is 14.9 Å². The van der Waals surface area contributed by atoms with Gasteiger partial charge in [-0.25, -0.2) is 10.0 Å². The van der Waals surface area contributed by atoms with Crippen molar-refractivity contribution in [3.63, 3.8) is 0 Å². The van der Waals surface area contributed by atoms with Crippen LogP contribution in [0.2, 0.25) is 0 Å². The molecular formula is C20H28N4O4S.